The topological polar surface area (TPSA) is 112 Å². The molecule has 4 amide bonds. The molecule has 35 heavy (non-hydrogen) atoms. The van der Waals surface area contributed by atoms with Crippen LogP contribution in [0.15, 0.2) is 54.9 Å². The van der Waals surface area contributed by atoms with Crippen molar-refractivity contribution < 1.29 is 14.3 Å². The van der Waals surface area contributed by atoms with Crippen molar-refractivity contribution >= 4 is 46.7 Å². The van der Waals surface area contributed by atoms with E-state index in [4.69, 9.17) is 16.3 Å². The number of aryl methyl sites for hydroxylation is 1. The molecule has 1 aromatic carbocycles. The quantitative estimate of drug-likeness (QED) is 0.482. The largest absolute Gasteiger partial charge is 0.495 e. The van der Waals surface area contributed by atoms with Crippen LogP contribution in [0.2, 0.25) is 5.02 Å². The first kappa shape index (κ1) is 24.1. The number of carbonyl (C=O) groups is 2. The van der Waals surface area contributed by atoms with Gasteiger partial charge in [-0.3, -0.25) is 5.32 Å². The van der Waals surface area contributed by atoms with Crippen LogP contribution in [0, 0.1) is 6.92 Å². The minimum Gasteiger partial charge on any atom is -0.495 e. The van der Waals surface area contributed by atoms with Crippen molar-refractivity contribution in [1.82, 2.24) is 14.9 Å². The number of hydrogen-bond acceptors (Lipinski definition) is 6. The number of anilines is 4. The van der Waals surface area contributed by atoms with Gasteiger partial charge in [0, 0.05) is 37.4 Å². The van der Waals surface area contributed by atoms with E-state index in [0.29, 0.717) is 54.1 Å². The summed E-state index contributed by atoms with van der Waals surface area (Å²) >= 11 is 6.01. The van der Waals surface area contributed by atoms with Crippen LogP contribution in [0.1, 0.15) is 5.56 Å². The average molecular weight is 496 g/mol. The van der Waals surface area contributed by atoms with Crippen LogP contribution in [-0.4, -0.2) is 60.2 Å². The predicted octanol–water partition coefficient (Wildman–Crippen LogP) is 4.45. The number of halogens is 1. The van der Waals surface area contributed by atoms with Crippen LogP contribution in [-0.2, 0) is 0 Å². The van der Waals surface area contributed by atoms with Crippen molar-refractivity contribution in [2.75, 3.05) is 54.1 Å². The molecule has 2 aromatic heterocycles. The van der Waals surface area contributed by atoms with Gasteiger partial charge in [-0.2, -0.15) is 0 Å². The molecule has 10 nitrogen and oxygen atoms in total. The van der Waals surface area contributed by atoms with Crippen LogP contribution in [0.4, 0.5) is 32.6 Å². The molecule has 0 radical (unpaired) electrons. The van der Waals surface area contributed by atoms with Gasteiger partial charge in [0.05, 0.1) is 24.7 Å². The first-order chi connectivity index (χ1) is 16.9. The van der Waals surface area contributed by atoms with Crippen molar-refractivity contribution in [3.63, 3.8) is 0 Å². The van der Waals surface area contributed by atoms with E-state index < -0.39 is 6.03 Å². The fourth-order valence-corrected chi connectivity index (χ4v) is 3.82. The summed E-state index contributed by atoms with van der Waals surface area (Å²) in [5, 5.41) is 8.81. The lowest BCUT2D eigenvalue weighted by molar-refractivity contribution is 0.208. The summed E-state index contributed by atoms with van der Waals surface area (Å²) in [4.78, 5) is 37.5. The Hall–Kier alpha value is -4.05. The van der Waals surface area contributed by atoms with Gasteiger partial charge in [0.25, 0.3) is 0 Å². The van der Waals surface area contributed by atoms with E-state index in [2.05, 4.69) is 30.8 Å². The highest BCUT2D eigenvalue weighted by Gasteiger charge is 2.22. The molecule has 4 rings (SSSR count). The number of methoxy groups -OCH3 is 1. The molecule has 0 atom stereocenters. The second-order valence-corrected chi connectivity index (χ2v) is 8.34. The number of nitrogens with one attached hydrogen (secondary N) is 3. The lowest BCUT2D eigenvalue weighted by Gasteiger charge is -2.35. The zero-order valence-electron chi connectivity index (χ0n) is 19.4. The highest BCUT2D eigenvalue weighted by atomic mass is 35.5. The Kier molecular flexibility index (Phi) is 7.51. The van der Waals surface area contributed by atoms with Gasteiger partial charge < -0.3 is 25.2 Å². The van der Waals surface area contributed by atoms with E-state index in [1.165, 1.54) is 7.11 Å². The number of benzene rings is 1. The van der Waals surface area contributed by atoms with Crippen LogP contribution < -0.4 is 25.6 Å². The van der Waals surface area contributed by atoms with Gasteiger partial charge in [0.2, 0.25) is 0 Å². The summed E-state index contributed by atoms with van der Waals surface area (Å²) in [7, 11) is 1.52. The standard InChI is InChI=1S/C24H26ClN7O3/c1-16-4-3-9-26-22(16)30-24(34)32-12-10-31(11-13-32)21-8-6-18(15-27-21)28-23(33)29-19-14-17(25)5-7-20(19)35-2/h3-9,14-15H,10-13H2,1-2H3,(H,26,30,34)(H2,28,29,33). The van der Waals surface area contributed by atoms with Crippen molar-refractivity contribution in [2.45, 2.75) is 6.92 Å². The van der Waals surface area contributed by atoms with E-state index in [-0.39, 0.29) is 6.03 Å². The zero-order valence-corrected chi connectivity index (χ0v) is 20.2. The molecule has 0 unspecified atom stereocenters. The average Bonchev–Trinajstić information content (AvgIpc) is 2.86. The summed E-state index contributed by atoms with van der Waals surface area (Å²) in [6.45, 7) is 4.31. The van der Waals surface area contributed by atoms with Crippen molar-refractivity contribution in [3.8, 4) is 5.75 Å². The molecule has 0 bridgehead atoms. The maximum absolute atomic E-state index is 12.6. The smallest absolute Gasteiger partial charge is 0.323 e. The van der Waals surface area contributed by atoms with E-state index in [1.807, 2.05) is 25.1 Å². The SMILES string of the molecule is COc1ccc(Cl)cc1NC(=O)Nc1ccc(N2CCN(C(=O)Nc3ncccc3C)CC2)nc1. The summed E-state index contributed by atoms with van der Waals surface area (Å²) in [5.41, 5.74) is 1.91. The molecular weight excluding hydrogens is 470 g/mol. The molecule has 1 fully saturated rings. The Morgan fingerprint density at radius 1 is 1.00 bits per heavy atom. The normalized spacial score (nSPS) is 13.2. The molecule has 0 aliphatic carbocycles. The van der Waals surface area contributed by atoms with Gasteiger partial charge in [-0.05, 0) is 48.9 Å². The number of piperazine rings is 1. The molecule has 1 aliphatic rings. The molecular formula is C24H26ClN7O3. The number of urea groups is 2. The molecule has 3 N–H and O–H groups in total. The Labute approximate surface area is 208 Å². The molecule has 182 valence electrons. The highest BCUT2D eigenvalue weighted by Crippen LogP contribution is 2.28. The predicted molar refractivity (Wildman–Crippen MR) is 137 cm³/mol. The third kappa shape index (κ3) is 6.10. The van der Waals surface area contributed by atoms with Crippen molar-refractivity contribution in [1.29, 1.82) is 0 Å². The lowest BCUT2D eigenvalue weighted by atomic mass is 10.3. The molecule has 1 aliphatic heterocycles. The fourth-order valence-electron chi connectivity index (χ4n) is 3.65. The van der Waals surface area contributed by atoms with Crippen molar-refractivity contribution in [2.24, 2.45) is 0 Å². The Bertz CT molecular complexity index is 1200. The van der Waals surface area contributed by atoms with Gasteiger partial charge in [-0.1, -0.05) is 17.7 Å². The first-order valence-corrected chi connectivity index (χ1v) is 11.4. The monoisotopic (exact) mass is 495 g/mol. The third-order valence-corrected chi connectivity index (χ3v) is 5.78. The van der Waals surface area contributed by atoms with Gasteiger partial charge in [-0.25, -0.2) is 19.6 Å². The zero-order chi connectivity index (χ0) is 24.8. The van der Waals surface area contributed by atoms with E-state index in [0.717, 1.165) is 11.4 Å². The molecule has 0 spiro atoms. The third-order valence-electron chi connectivity index (χ3n) is 5.54. The molecule has 1 saturated heterocycles. The Morgan fingerprint density at radius 3 is 2.49 bits per heavy atom. The Morgan fingerprint density at radius 2 is 1.80 bits per heavy atom. The second kappa shape index (κ2) is 10.9. The van der Waals surface area contributed by atoms with Crippen LogP contribution in [0.3, 0.4) is 0 Å². The first-order valence-electron chi connectivity index (χ1n) is 11.0. The summed E-state index contributed by atoms with van der Waals surface area (Å²) in [6.07, 6.45) is 3.25. The lowest BCUT2D eigenvalue weighted by Crippen LogP contribution is -2.50. The minimum absolute atomic E-state index is 0.165. The van der Waals surface area contributed by atoms with E-state index in [9.17, 15) is 9.59 Å². The molecule has 3 heterocycles. The second-order valence-electron chi connectivity index (χ2n) is 7.90. The summed E-state index contributed by atoms with van der Waals surface area (Å²) < 4.78 is 5.24. The van der Waals surface area contributed by atoms with Crippen LogP contribution in [0.5, 0.6) is 5.75 Å². The van der Waals surface area contributed by atoms with Crippen LogP contribution >= 0.6 is 11.6 Å². The van der Waals surface area contributed by atoms with Gasteiger partial charge >= 0.3 is 12.1 Å². The number of rotatable bonds is 5. The summed E-state index contributed by atoms with van der Waals surface area (Å²) in [5.74, 6) is 1.84. The number of ether oxygens (including phenoxy) is 1. The Balaban J connectivity index is 1.29. The highest BCUT2D eigenvalue weighted by molar-refractivity contribution is 6.31. The molecule has 0 saturated carbocycles. The minimum atomic E-state index is -0.442. The maximum atomic E-state index is 12.6. The van der Waals surface area contributed by atoms with E-state index >= 15 is 0 Å². The van der Waals surface area contributed by atoms with Crippen molar-refractivity contribution in [3.05, 3.63) is 65.4 Å². The van der Waals surface area contributed by atoms with Gasteiger partial charge in [0.15, 0.2) is 0 Å². The number of aromatic nitrogens is 2. The number of hydrogen-bond donors (Lipinski definition) is 3. The van der Waals surface area contributed by atoms with Gasteiger partial charge in [0.1, 0.15) is 17.4 Å². The maximum Gasteiger partial charge on any atom is 0.323 e. The number of nitrogens with zero attached hydrogens (tertiary/aromatic N) is 4. The van der Waals surface area contributed by atoms with Gasteiger partial charge in [-0.15, -0.1) is 0 Å². The fraction of sp³-hybridized carbons (Fsp3) is 0.250. The van der Waals surface area contributed by atoms with Crippen LogP contribution in [0.25, 0.3) is 0 Å². The number of carbonyl (C=O) groups excluding carboxylic acids is 2. The van der Waals surface area contributed by atoms with E-state index in [1.54, 1.807) is 41.6 Å². The number of pyridine rings is 2. The summed E-state index contributed by atoms with van der Waals surface area (Å²) in [6, 6.07) is 11.7. The molecule has 3 aromatic rings. The number of amides is 4. The molecule has 11 heteroatoms.